The van der Waals surface area contributed by atoms with E-state index in [9.17, 15) is 0 Å². The van der Waals surface area contributed by atoms with Crippen molar-refractivity contribution in [2.45, 2.75) is 72.8 Å². The lowest BCUT2D eigenvalue weighted by Gasteiger charge is -1.27. The zero-order chi connectivity index (χ0) is 4.00. The molecule has 0 aliphatic rings. The van der Waals surface area contributed by atoms with Crippen LogP contribution in [0, 0.1) is 6.92 Å². The summed E-state index contributed by atoms with van der Waals surface area (Å²) in [4.78, 5) is 0. The van der Waals surface area contributed by atoms with Gasteiger partial charge in [0.25, 0.3) is 0 Å². The van der Waals surface area contributed by atoms with Crippen LogP contribution in [0.15, 0.2) is 0 Å². The van der Waals surface area contributed by atoms with Gasteiger partial charge in [0.05, 0.1) is 0 Å². The van der Waals surface area contributed by atoms with E-state index in [0.717, 1.165) is 0 Å². The summed E-state index contributed by atoms with van der Waals surface area (Å²) in [6, 6.07) is 0. The van der Waals surface area contributed by atoms with Gasteiger partial charge in [-0.2, -0.15) is 6.92 Å². The second-order valence-corrected chi connectivity index (χ2v) is 0. The normalized spacial score (nSPS) is 1.09. The molecule has 0 nitrogen and oxygen atoms in total. The van der Waals surface area contributed by atoms with Gasteiger partial charge in [0, 0.05) is 0 Å². The van der Waals surface area contributed by atoms with Gasteiger partial charge < -0.3 is 6.92 Å². The maximum Gasteiger partial charge on any atom is -0.0683 e. The fraction of sp³-hybridized carbons (Fsp3) is 0.909. The molecule has 0 aliphatic carbocycles. The van der Waals surface area contributed by atoms with Crippen LogP contribution in [0.4, 0.5) is 0 Å². The van der Waals surface area contributed by atoms with Crippen molar-refractivity contribution in [1.29, 1.82) is 0 Å². The Kier molecular flexibility index (Phi) is 0. The van der Waals surface area contributed by atoms with Gasteiger partial charge in [-0.3, -0.25) is 0 Å². The molecule has 0 aromatic carbocycles. The summed E-state index contributed by atoms with van der Waals surface area (Å²) < 4.78 is 0. The highest BCUT2D eigenvalue weighted by Gasteiger charge is 0.932. The summed E-state index contributed by atoms with van der Waals surface area (Å²) in [6.45, 7) is 9.00. The molecule has 84 valence electrons. The Morgan fingerprint density at radius 3 is 0.455 bits per heavy atom. The maximum atomic E-state index is 3.25. The van der Waals surface area contributed by atoms with Gasteiger partial charge in [-0.15, -0.1) is 0 Å². The van der Waals surface area contributed by atoms with E-state index in [2.05, 4.69) is 6.92 Å². The molecule has 0 fully saturated rings. The molecule has 0 rings (SSSR count). The predicted octanol–water partition coefficient (Wildman–Crippen LogP) is 6.32. The van der Waals surface area contributed by atoms with E-state index in [1.165, 1.54) is 0 Å². The van der Waals surface area contributed by atoms with Gasteiger partial charge in [0.15, 0.2) is 0 Å². The van der Waals surface area contributed by atoms with E-state index in [1.807, 2.05) is 13.8 Å². The summed E-state index contributed by atoms with van der Waals surface area (Å²) >= 11 is 0. The van der Waals surface area contributed by atoms with Gasteiger partial charge in [-0.05, 0) is 0 Å². The van der Waals surface area contributed by atoms with Crippen LogP contribution >= 0.6 is 0 Å². The third-order valence-electron chi connectivity index (χ3n) is 0. The molecule has 0 amide bonds. The van der Waals surface area contributed by atoms with Crippen LogP contribution in [0.1, 0.15) is 72.8 Å². The summed E-state index contributed by atoms with van der Waals surface area (Å²) in [5.74, 6) is 0. The minimum absolute atomic E-state index is 0. The molecule has 0 spiro atoms. The Morgan fingerprint density at radius 1 is 0.455 bits per heavy atom. The van der Waals surface area contributed by atoms with Crippen molar-refractivity contribution in [3.05, 3.63) is 6.92 Å². The molecule has 0 radical (unpaired) electrons. The molecule has 11 heavy (non-hydrogen) atoms. The Morgan fingerprint density at radius 2 is 0.455 bits per heavy atom. The van der Waals surface area contributed by atoms with E-state index in [1.54, 1.807) is 6.92 Å². The summed E-state index contributed by atoms with van der Waals surface area (Å²) in [6.07, 6.45) is 0. The van der Waals surface area contributed by atoms with E-state index >= 15 is 0 Å². The molecule has 0 unspecified atom stereocenters. The van der Waals surface area contributed by atoms with Crippen LogP contribution in [-0.2, 0) is 0 Å². The van der Waals surface area contributed by atoms with Crippen molar-refractivity contribution in [3.8, 4) is 0 Å². The monoisotopic (exact) mass is 171 g/mol. The minimum Gasteiger partial charge on any atom is -0.346 e. The average molecular weight is 171 g/mol. The highest BCUT2D eigenvalue weighted by Crippen LogP contribution is 1.14. The summed E-state index contributed by atoms with van der Waals surface area (Å²) in [5.41, 5.74) is 0. The van der Waals surface area contributed by atoms with Crippen molar-refractivity contribution >= 4 is 0 Å². The lowest BCUT2D eigenvalue weighted by Crippen LogP contribution is -0.888. The van der Waals surface area contributed by atoms with E-state index < -0.39 is 0 Å². The first-order chi connectivity index (χ1) is 2.00. The summed E-state index contributed by atoms with van der Waals surface area (Å²) in [7, 11) is 0. The number of hydrogen-bond acceptors (Lipinski definition) is 0. The Balaban J connectivity index is -0.000000000635. The van der Waals surface area contributed by atoms with Crippen LogP contribution in [0.5, 0.6) is 0 Å². The van der Waals surface area contributed by atoms with Crippen LogP contribution in [0.3, 0.4) is 0 Å². The van der Waals surface area contributed by atoms with Crippen LogP contribution in [0.2, 0.25) is 0 Å². The minimum atomic E-state index is 0. The zero-order valence-electron chi connectivity index (χ0n) is 3.71. The standard InChI is InChI=1S/C2H6.C2H5.7CH4/c2*1-2;;;;;;;/h1-2H3;1H2,2H3;7*1H4/q;-1;;;;;;;. The predicted molar refractivity (Wildman–Crippen MR) is 69.5 cm³/mol. The topological polar surface area (TPSA) is 0 Å². The quantitative estimate of drug-likeness (QED) is 0.374. The molecule has 0 aliphatic heterocycles. The average Bonchev–Trinajstić information content (AvgIpc) is 1.50. The second-order valence-electron chi connectivity index (χ2n) is 0. The molecule has 0 saturated heterocycles. The highest BCUT2D eigenvalue weighted by atomic mass is 13.0. The molecule has 0 heteroatoms. The molecular weight excluding hydrogens is 132 g/mol. The molecule has 0 bridgehead atoms. The Hall–Kier alpha value is 0. The first-order valence-electron chi connectivity index (χ1n) is 1.71. The third-order valence-corrected chi connectivity index (χ3v) is 0. The van der Waals surface area contributed by atoms with Crippen molar-refractivity contribution in [2.75, 3.05) is 0 Å². The molecule has 0 saturated carbocycles. The fourth-order valence-corrected chi connectivity index (χ4v) is 0. The lowest BCUT2D eigenvalue weighted by atomic mass is 11.0. The summed E-state index contributed by atoms with van der Waals surface area (Å²) in [5, 5.41) is 0. The van der Waals surface area contributed by atoms with Crippen molar-refractivity contribution < 1.29 is 0 Å². The van der Waals surface area contributed by atoms with E-state index in [-0.39, 0.29) is 52.0 Å². The second kappa shape index (κ2) is 0. The fourth-order valence-electron chi connectivity index (χ4n) is 0. The highest BCUT2D eigenvalue weighted by molar-refractivity contribution is 3.94. The Labute approximate surface area is 80.4 Å². The van der Waals surface area contributed by atoms with Crippen LogP contribution < -0.4 is 0 Å². The first kappa shape index (κ1) is 275. The largest absolute Gasteiger partial charge is 0.346 e. The third kappa shape index (κ3) is 0. The van der Waals surface area contributed by atoms with Crippen LogP contribution in [-0.4, -0.2) is 0 Å². The van der Waals surface area contributed by atoms with Gasteiger partial charge in [0.1, 0.15) is 0 Å². The number of rotatable bonds is 0. The van der Waals surface area contributed by atoms with Gasteiger partial charge >= 0.3 is 0 Å². The first-order valence-corrected chi connectivity index (χ1v) is 1.71. The molecule has 0 aromatic rings. The van der Waals surface area contributed by atoms with Gasteiger partial charge in [0.2, 0.25) is 0 Å². The van der Waals surface area contributed by atoms with E-state index in [0.29, 0.717) is 0 Å². The maximum absolute atomic E-state index is 3.25. The van der Waals surface area contributed by atoms with Crippen molar-refractivity contribution in [3.63, 3.8) is 0 Å². The molecule has 0 atom stereocenters. The molecule has 0 heterocycles. The van der Waals surface area contributed by atoms with Crippen LogP contribution in [0.25, 0.3) is 0 Å². The molecular formula is C11H39-. The molecule has 0 aromatic heterocycles. The molecule has 0 N–H and O–H groups in total. The zero-order valence-corrected chi connectivity index (χ0v) is 3.71. The van der Waals surface area contributed by atoms with Crippen molar-refractivity contribution in [2.24, 2.45) is 0 Å². The lowest BCUT2D eigenvalue weighted by molar-refractivity contribution is 1.50. The van der Waals surface area contributed by atoms with Gasteiger partial charge in [-0.25, -0.2) is 0 Å². The Bertz CT molecular complexity index is 0. The van der Waals surface area contributed by atoms with Gasteiger partial charge in [-0.1, -0.05) is 65.8 Å². The number of hydrogen-bond donors (Lipinski definition) is 0. The van der Waals surface area contributed by atoms with Crippen molar-refractivity contribution in [1.82, 2.24) is 0 Å². The smallest absolute Gasteiger partial charge is 0.0683 e. The SMILES string of the molecule is C.C.C.C.C.C.C.CC.[CH2-]C. The van der Waals surface area contributed by atoms with E-state index in [4.69, 9.17) is 0 Å².